The quantitative estimate of drug-likeness (QED) is 0.359. The van der Waals surface area contributed by atoms with Crippen LogP contribution in [-0.2, 0) is 0 Å². The van der Waals surface area contributed by atoms with Crippen molar-refractivity contribution in [3.05, 3.63) is 85.8 Å². The number of nitro groups is 1. The number of nitrogens with zero attached hydrogens (tertiary/aromatic N) is 4. The van der Waals surface area contributed by atoms with Crippen LogP contribution < -0.4 is 15.7 Å². The lowest BCUT2D eigenvalue weighted by Crippen LogP contribution is -2.22. The Hall–Kier alpha value is -3.72. The molecule has 3 aromatic rings. The maximum Gasteiger partial charge on any atom is 0.311 e. The van der Waals surface area contributed by atoms with Gasteiger partial charge in [0.15, 0.2) is 5.75 Å². The topological polar surface area (TPSA) is 112 Å². The van der Waals surface area contributed by atoms with Crippen molar-refractivity contribution >= 4 is 29.2 Å². The number of nitro benzene ring substituents is 1. The van der Waals surface area contributed by atoms with Gasteiger partial charge >= 0.3 is 5.69 Å². The molecule has 9 nitrogen and oxygen atoms in total. The van der Waals surface area contributed by atoms with Crippen LogP contribution in [0.25, 0.3) is 5.69 Å². The van der Waals surface area contributed by atoms with E-state index in [1.807, 2.05) is 6.07 Å². The van der Waals surface area contributed by atoms with Crippen LogP contribution in [0.1, 0.15) is 12.5 Å². The minimum Gasteiger partial charge on any atom is -0.487 e. The van der Waals surface area contributed by atoms with Gasteiger partial charge in [0.1, 0.15) is 10.7 Å². The van der Waals surface area contributed by atoms with Gasteiger partial charge in [0, 0.05) is 11.6 Å². The highest BCUT2D eigenvalue weighted by Crippen LogP contribution is 2.27. The molecule has 0 radical (unpaired) electrons. The molecule has 2 aromatic carbocycles. The Morgan fingerprint density at radius 3 is 2.76 bits per heavy atom. The van der Waals surface area contributed by atoms with E-state index in [4.69, 9.17) is 16.3 Å². The number of anilines is 1. The van der Waals surface area contributed by atoms with E-state index >= 15 is 0 Å². The zero-order chi connectivity index (χ0) is 20.8. The van der Waals surface area contributed by atoms with Crippen molar-refractivity contribution < 1.29 is 9.66 Å². The molecule has 0 spiro atoms. The zero-order valence-electron chi connectivity index (χ0n) is 15.3. The summed E-state index contributed by atoms with van der Waals surface area (Å²) in [6.07, 6.45) is 2.73. The first-order chi connectivity index (χ1) is 14.0. The number of hydrogen-bond acceptors (Lipinski definition) is 7. The van der Waals surface area contributed by atoms with Crippen molar-refractivity contribution in [3.63, 3.8) is 0 Å². The Morgan fingerprint density at radius 2 is 2.07 bits per heavy atom. The summed E-state index contributed by atoms with van der Waals surface area (Å²) in [6, 6.07) is 13.3. The average Bonchev–Trinajstić information content (AvgIpc) is 2.73. The average molecular weight is 414 g/mol. The molecule has 148 valence electrons. The first-order valence-corrected chi connectivity index (χ1v) is 8.92. The molecule has 1 aromatic heterocycles. The van der Waals surface area contributed by atoms with Crippen molar-refractivity contribution in [1.82, 2.24) is 9.78 Å². The Labute approximate surface area is 170 Å². The number of rotatable bonds is 7. The van der Waals surface area contributed by atoms with Crippen molar-refractivity contribution in [2.45, 2.75) is 6.92 Å². The van der Waals surface area contributed by atoms with Gasteiger partial charge in [-0.25, -0.2) is 0 Å². The molecule has 0 aliphatic carbocycles. The van der Waals surface area contributed by atoms with Gasteiger partial charge in [-0.1, -0.05) is 29.8 Å². The van der Waals surface area contributed by atoms with Crippen LogP contribution in [0.3, 0.4) is 0 Å². The van der Waals surface area contributed by atoms with Crippen molar-refractivity contribution in [1.29, 1.82) is 0 Å². The molecule has 0 saturated heterocycles. The standard InChI is InChI=1S/C19H16ClN5O4/c1-2-29-17-9-8-13(10-16(17)25(27)28)11-21-23-15-12-22-24(19(26)18(15)20)14-6-4-3-5-7-14/h3-12,23H,2H2,1H3/b21-11-. The number of ether oxygens (including phenoxy) is 1. The van der Waals surface area contributed by atoms with Gasteiger partial charge in [0.2, 0.25) is 0 Å². The maximum atomic E-state index is 12.4. The number of aromatic nitrogens is 2. The third-order valence-corrected chi connectivity index (χ3v) is 4.16. The van der Waals surface area contributed by atoms with Crippen molar-refractivity contribution in [2.24, 2.45) is 5.10 Å². The SMILES string of the molecule is CCOc1ccc(/C=N\Nc2cnn(-c3ccccc3)c(=O)c2Cl)cc1[N+](=O)[O-]. The van der Waals surface area contributed by atoms with E-state index < -0.39 is 10.5 Å². The molecule has 3 rings (SSSR count). The van der Waals surface area contributed by atoms with E-state index in [2.05, 4.69) is 15.6 Å². The van der Waals surface area contributed by atoms with Crippen LogP contribution in [-0.4, -0.2) is 27.5 Å². The fraction of sp³-hybridized carbons (Fsp3) is 0.105. The van der Waals surface area contributed by atoms with Gasteiger partial charge in [-0.3, -0.25) is 20.3 Å². The normalized spacial score (nSPS) is 10.8. The molecule has 0 atom stereocenters. The third-order valence-electron chi connectivity index (χ3n) is 3.80. The van der Waals surface area contributed by atoms with Crippen LogP contribution in [0.2, 0.25) is 5.02 Å². The Kier molecular flexibility index (Phi) is 6.20. The number of nitrogens with one attached hydrogen (secondary N) is 1. The fourth-order valence-electron chi connectivity index (χ4n) is 2.48. The fourth-order valence-corrected chi connectivity index (χ4v) is 2.65. The lowest BCUT2D eigenvalue weighted by atomic mass is 10.2. The largest absolute Gasteiger partial charge is 0.487 e. The molecule has 0 aliphatic heterocycles. The molecule has 0 aliphatic rings. The second kappa shape index (κ2) is 8.98. The molecule has 1 heterocycles. The number of para-hydroxylation sites is 1. The summed E-state index contributed by atoms with van der Waals surface area (Å²) in [6.45, 7) is 2.06. The number of benzene rings is 2. The van der Waals surface area contributed by atoms with Gasteiger partial charge in [0.25, 0.3) is 5.56 Å². The predicted octanol–water partition coefficient (Wildman–Crippen LogP) is 3.64. The van der Waals surface area contributed by atoms with Crippen LogP contribution in [0, 0.1) is 10.1 Å². The van der Waals surface area contributed by atoms with Gasteiger partial charge in [-0.2, -0.15) is 14.9 Å². The summed E-state index contributed by atoms with van der Waals surface area (Å²) in [5.74, 6) is 0.180. The highest BCUT2D eigenvalue weighted by molar-refractivity contribution is 6.32. The van der Waals surface area contributed by atoms with E-state index in [1.54, 1.807) is 37.3 Å². The van der Waals surface area contributed by atoms with Crippen molar-refractivity contribution in [3.8, 4) is 11.4 Å². The number of halogens is 1. The predicted molar refractivity (Wildman–Crippen MR) is 110 cm³/mol. The lowest BCUT2D eigenvalue weighted by molar-refractivity contribution is -0.385. The minimum absolute atomic E-state index is 0.0846. The van der Waals surface area contributed by atoms with E-state index in [0.29, 0.717) is 17.9 Å². The third kappa shape index (κ3) is 4.58. The number of hydrazone groups is 1. The highest BCUT2D eigenvalue weighted by atomic mass is 35.5. The molecule has 1 N–H and O–H groups in total. The van der Waals surface area contributed by atoms with Gasteiger partial charge in [-0.15, -0.1) is 0 Å². The van der Waals surface area contributed by atoms with Gasteiger partial charge in [0.05, 0.1) is 29.6 Å². The smallest absolute Gasteiger partial charge is 0.311 e. The van der Waals surface area contributed by atoms with Crippen LogP contribution in [0.15, 0.2) is 64.6 Å². The summed E-state index contributed by atoms with van der Waals surface area (Å²) in [4.78, 5) is 23.1. The van der Waals surface area contributed by atoms with E-state index in [1.165, 1.54) is 29.2 Å². The molecular weight excluding hydrogens is 398 g/mol. The van der Waals surface area contributed by atoms with Crippen LogP contribution in [0.5, 0.6) is 5.75 Å². The lowest BCUT2D eigenvalue weighted by Gasteiger charge is -2.07. The highest BCUT2D eigenvalue weighted by Gasteiger charge is 2.15. The molecule has 0 amide bonds. The first-order valence-electron chi connectivity index (χ1n) is 8.55. The van der Waals surface area contributed by atoms with Gasteiger partial charge < -0.3 is 4.74 Å². The van der Waals surface area contributed by atoms with E-state index in [0.717, 1.165) is 0 Å². The molecule has 29 heavy (non-hydrogen) atoms. The molecule has 0 fully saturated rings. The first kappa shape index (κ1) is 20.0. The second-order valence-electron chi connectivity index (χ2n) is 5.71. The molecular formula is C19H16ClN5O4. The molecule has 0 bridgehead atoms. The summed E-state index contributed by atoms with van der Waals surface area (Å²) in [5, 5.41) is 19.2. The minimum atomic E-state index is -0.528. The Balaban J connectivity index is 1.80. The molecule has 10 heteroatoms. The van der Waals surface area contributed by atoms with Crippen molar-refractivity contribution in [2.75, 3.05) is 12.0 Å². The molecule has 0 saturated carbocycles. The maximum absolute atomic E-state index is 12.4. The van der Waals surface area contributed by atoms with Gasteiger partial charge in [-0.05, 0) is 31.2 Å². The number of hydrogen-bond donors (Lipinski definition) is 1. The zero-order valence-corrected chi connectivity index (χ0v) is 16.0. The van der Waals surface area contributed by atoms with E-state index in [9.17, 15) is 14.9 Å². The Morgan fingerprint density at radius 1 is 1.31 bits per heavy atom. The monoisotopic (exact) mass is 413 g/mol. The summed E-state index contributed by atoms with van der Waals surface area (Å²) in [7, 11) is 0. The summed E-state index contributed by atoms with van der Waals surface area (Å²) in [5.41, 5.74) is 3.21. The van der Waals surface area contributed by atoms with E-state index in [-0.39, 0.29) is 22.1 Å². The summed E-state index contributed by atoms with van der Waals surface area (Å²) < 4.78 is 6.41. The van der Waals surface area contributed by atoms with Crippen LogP contribution >= 0.6 is 11.6 Å². The second-order valence-corrected chi connectivity index (χ2v) is 6.09. The molecule has 0 unspecified atom stereocenters. The Bertz CT molecular complexity index is 1120. The van der Waals surface area contributed by atoms with Crippen LogP contribution in [0.4, 0.5) is 11.4 Å². The summed E-state index contributed by atoms with van der Waals surface area (Å²) >= 11 is 6.14.